The van der Waals surface area contributed by atoms with Crippen LogP contribution in [0, 0.1) is 0 Å². The fourth-order valence-electron chi connectivity index (χ4n) is 1.68. The third kappa shape index (κ3) is 22.1. The molecule has 0 rings (SSSR count). The Kier molecular flexibility index (Phi) is 19.0. The predicted octanol–water partition coefficient (Wildman–Crippen LogP) is 3.11. The lowest BCUT2D eigenvalue weighted by molar-refractivity contribution is -0.140. The van der Waals surface area contributed by atoms with Crippen molar-refractivity contribution in [1.29, 1.82) is 0 Å². The number of hydrogen-bond acceptors (Lipinski definition) is 4. The van der Waals surface area contributed by atoms with Gasteiger partial charge in [-0.15, -0.1) is 0 Å². The Morgan fingerprint density at radius 3 is 1.70 bits per heavy atom. The summed E-state index contributed by atoms with van der Waals surface area (Å²) < 4.78 is 4.58. The largest absolute Gasteiger partial charge is 0.480 e. The molecule has 0 aromatic rings. The molecule has 3 N–H and O–H groups in total. The lowest BCUT2D eigenvalue weighted by Crippen LogP contribution is -2.10. The van der Waals surface area contributed by atoms with Crippen molar-refractivity contribution in [1.82, 2.24) is 0 Å². The van der Waals surface area contributed by atoms with E-state index in [1.54, 1.807) is 0 Å². The molecule has 0 aliphatic heterocycles. The molecule has 5 nitrogen and oxygen atoms in total. The first-order valence-corrected chi connectivity index (χ1v) is 7.57. The molecule has 0 saturated heterocycles. The summed E-state index contributed by atoms with van der Waals surface area (Å²) in [4.78, 5) is 20.0. The zero-order chi connectivity index (χ0) is 15.6. The molecule has 20 heavy (non-hydrogen) atoms. The maximum absolute atomic E-state index is 10.8. The van der Waals surface area contributed by atoms with E-state index >= 15 is 0 Å². The number of carbonyl (C=O) groups excluding carboxylic acids is 1. The highest BCUT2D eigenvalue weighted by Gasteiger charge is 1.98. The number of unbranched alkanes of at least 4 members (excludes halogenated alkanes) is 8. The Balaban J connectivity index is 0. The minimum atomic E-state index is -0.968. The van der Waals surface area contributed by atoms with Gasteiger partial charge in [0.25, 0.3) is 0 Å². The average molecular weight is 289 g/mol. The average Bonchev–Trinajstić information content (AvgIpc) is 2.45. The molecule has 5 heteroatoms. The van der Waals surface area contributed by atoms with Crippen LogP contribution in [0.1, 0.15) is 71.1 Å². The lowest BCUT2D eigenvalue weighted by Gasteiger charge is -2.01. The molecule has 0 aromatic carbocycles. The second-order valence-corrected chi connectivity index (χ2v) is 4.75. The Bertz CT molecular complexity index is 232. The summed E-state index contributed by atoms with van der Waals surface area (Å²) in [6, 6.07) is 0. The highest BCUT2D eigenvalue weighted by Crippen LogP contribution is 2.10. The summed E-state index contributed by atoms with van der Waals surface area (Å²) in [5, 5.41) is 7.60. The van der Waals surface area contributed by atoms with Crippen molar-refractivity contribution >= 4 is 11.9 Å². The van der Waals surface area contributed by atoms with Crippen LogP contribution in [0.4, 0.5) is 0 Å². The first kappa shape index (κ1) is 21.2. The molecular weight excluding hydrogens is 258 g/mol. The van der Waals surface area contributed by atoms with Crippen LogP contribution >= 0.6 is 0 Å². The number of carboxylic acids is 1. The van der Waals surface area contributed by atoms with E-state index in [-0.39, 0.29) is 12.5 Å². The van der Waals surface area contributed by atoms with Crippen LogP contribution in [0.3, 0.4) is 0 Å². The van der Waals surface area contributed by atoms with E-state index in [2.05, 4.69) is 17.4 Å². The second kappa shape index (κ2) is 17.9. The zero-order valence-electron chi connectivity index (χ0n) is 13.0. The second-order valence-electron chi connectivity index (χ2n) is 4.75. The van der Waals surface area contributed by atoms with Crippen LogP contribution < -0.4 is 5.73 Å². The van der Waals surface area contributed by atoms with Crippen molar-refractivity contribution in [2.45, 2.75) is 71.1 Å². The van der Waals surface area contributed by atoms with Gasteiger partial charge >= 0.3 is 11.9 Å². The third-order valence-electron chi connectivity index (χ3n) is 2.89. The Morgan fingerprint density at radius 1 is 0.950 bits per heavy atom. The highest BCUT2D eigenvalue weighted by molar-refractivity contribution is 5.69. The van der Waals surface area contributed by atoms with Gasteiger partial charge < -0.3 is 15.6 Å². The summed E-state index contributed by atoms with van der Waals surface area (Å²) in [5.41, 5.74) is 4.57. The zero-order valence-corrected chi connectivity index (χ0v) is 13.0. The van der Waals surface area contributed by atoms with E-state index in [4.69, 9.17) is 5.11 Å². The number of esters is 1. The minimum Gasteiger partial charge on any atom is -0.480 e. The van der Waals surface area contributed by atoms with E-state index in [1.807, 2.05) is 0 Å². The van der Waals surface area contributed by atoms with Gasteiger partial charge in [0.2, 0.25) is 0 Å². The van der Waals surface area contributed by atoms with Gasteiger partial charge in [0.15, 0.2) is 0 Å². The third-order valence-corrected chi connectivity index (χ3v) is 2.89. The topological polar surface area (TPSA) is 89.6 Å². The van der Waals surface area contributed by atoms with Crippen LogP contribution in [0.25, 0.3) is 0 Å². The molecule has 0 atom stereocenters. The first-order chi connectivity index (χ1) is 9.58. The number of ether oxygens (including phenoxy) is 1. The standard InChI is InChI=1S/C13H26O2.C2H5NO2/c1-3-4-5-6-7-8-9-10-11-12-13(14)15-2;3-1-2(4)5/h3-12H2,1-2H3;1,3H2,(H,4,5). The van der Waals surface area contributed by atoms with Crippen LogP contribution in [-0.4, -0.2) is 30.7 Å². The van der Waals surface area contributed by atoms with Crippen LogP contribution in [-0.2, 0) is 14.3 Å². The van der Waals surface area contributed by atoms with Crippen LogP contribution in [0.5, 0.6) is 0 Å². The van der Waals surface area contributed by atoms with Gasteiger partial charge in [-0.2, -0.15) is 0 Å². The Hall–Kier alpha value is -1.10. The number of hydrogen-bond donors (Lipinski definition) is 2. The van der Waals surface area contributed by atoms with Crippen molar-refractivity contribution < 1.29 is 19.4 Å². The minimum absolute atomic E-state index is 0.0713. The Labute approximate surface area is 122 Å². The fourth-order valence-corrected chi connectivity index (χ4v) is 1.68. The SMILES string of the molecule is CCCCCCCCCCCC(=O)OC.NCC(=O)O. The first-order valence-electron chi connectivity index (χ1n) is 7.57. The van der Waals surface area contributed by atoms with E-state index in [9.17, 15) is 9.59 Å². The van der Waals surface area contributed by atoms with Crippen molar-refractivity contribution in [3.05, 3.63) is 0 Å². The van der Waals surface area contributed by atoms with E-state index in [0.29, 0.717) is 6.42 Å². The maximum Gasteiger partial charge on any atom is 0.317 e. The molecule has 0 aliphatic carbocycles. The number of rotatable bonds is 11. The number of aliphatic carboxylic acids is 1. The number of carbonyl (C=O) groups is 2. The summed E-state index contributed by atoms with van der Waals surface area (Å²) in [5.74, 6) is -1.04. The number of carboxylic acid groups (broad SMARTS) is 1. The van der Waals surface area contributed by atoms with Crippen molar-refractivity contribution in [2.75, 3.05) is 13.7 Å². The quantitative estimate of drug-likeness (QED) is 0.450. The highest BCUT2D eigenvalue weighted by atomic mass is 16.5. The Morgan fingerprint density at radius 2 is 1.35 bits per heavy atom. The summed E-state index contributed by atoms with van der Waals surface area (Å²) >= 11 is 0. The molecule has 0 unspecified atom stereocenters. The fraction of sp³-hybridized carbons (Fsp3) is 0.867. The van der Waals surface area contributed by atoms with Gasteiger partial charge in [-0.05, 0) is 6.42 Å². The number of methoxy groups -OCH3 is 1. The molecule has 0 amide bonds. The molecule has 0 bridgehead atoms. The van der Waals surface area contributed by atoms with Gasteiger partial charge in [0.05, 0.1) is 13.7 Å². The molecule has 0 spiro atoms. The monoisotopic (exact) mass is 289 g/mol. The summed E-state index contributed by atoms with van der Waals surface area (Å²) in [6.07, 6.45) is 12.2. The van der Waals surface area contributed by atoms with E-state index in [1.165, 1.54) is 58.5 Å². The van der Waals surface area contributed by atoms with Gasteiger partial charge in [-0.3, -0.25) is 9.59 Å². The van der Waals surface area contributed by atoms with Crippen LogP contribution in [0.15, 0.2) is 0 Å². The van der Waals surface area contributed by atoms with Gasteiger partial charge in [-0.25, -0.2) is 0 Å². The predicted molar refractivity (Wildman–Crippen MR) is 80.6 cm³/mol. The molecule has 0 saturated carbocycles. The van der Waals surface area contributed by atoms with Crippen molar-refractivity contribution in [3.8, 4) is 0 Å². The maximum atomic E-state index is 10.8. The van der Waals surface area contributed by atoms with Crippen LogP contribution in [0.2, 0.25) is 0 Å². The molecule has 0 heterocycles. The number of nitrogens with two attached hydrogens (primary N) is 1. The van der Waals surface area contributed by atoms with Crippen molar-refractivity contribution in [3.63, 3.8) is 0 Å². The van der Waals surface area contributed by atoms with Crippen molar-refractivity contribution in [2.24, 2.45) is 5.73 Å². The molecule has 0 fully saturated rings. The van der Waals surface area contributed by atoms with Gasteiger partial charge in [0, 0.05) is 6.42 Å². The molecule has 0 radical (unpaired) electrons. The van der Waals surface area contributed by atoms with Gasteiger partial charge in [-0.1, -0.05) is 58.3 Å². The summed E-state index contributed by atoms with van der Waals surface area (Å²) in [7, 11) is 1.45. The van der Waals surface area contributed by atoms with E-state index < -0.39 is 5.97 Å². The molecular formula is C15H31NO4. The molecule has 120 valence electrons. The smallest absolute Gasteiger partial charge is 0.317 e. The van der Waals surface area contributed by atoms with E-state index in [0.717, 1.165) is 6.42 Å². The normalized spacial score (nSPS) is 9.55. The molecule has 0 aromatic heterocycles. The molecule has 0 aliphatic rings. The lowest BCUT2D eigenvalue weighted by atomic mass is 10.1. The summed E-state index contributed by atoms with van der Waals surface area (Å²) in [6.45, 7) is 1.97. The van der Waals surface area contributed by atoms with Gasteiger partial charge in [0.1, 0.15) is 0 Å².